The molecular formula is C15H14FN3O5S. The first-order valence-corrected chi connectivity index (χ1v) is 9.15. The van der Waals surface area contributed by atoms with E-state index in [-0.39, 0.29) is 24.2 Å². The van der Waals surface area contributed by atoms with Gasteiger partial charge in [0.25, 0.3) is 5.91 Å². The van der Waals surface area contributed by atoms with Crippen molar-refractivity contribution in [2.24, 2.45) is 4.40 Å². The van der Waals surface area contributed by atoms with E-state index in [4.69, 9.17) is 4.74 Å². The molecule has 0 aliphatic carbocycles. The summed E-state index contributed by atoms with van der Waals surface area (Å²) in [6.45, 7) is 0.429. The van der Waals surface area contributed by atoms with Crippen LogP contribution in [0.5, 0.6) is 0 Å². The summed E-state index contributed by atoms with van der Waals surface area (Å²) >= 11 is 0. The number of amides is 1. The Morgan fingerprint density at radius 3 is 2.96 bits per heavy atom. The zero-order chi connectivity index (χ0) is 17.8. The summed E-state index contributed by atoms with van der Waals surface area (Å²) in [6, 6.07) is 3.95. The average Bonchev–Trinajstić information content (AvgIpc) is 3.00. The lowest BCUT2D eigenvalue weighted by atomic mass is 9.97. The first-order chi connectivity index (χ1) is 11.9. The van der Waals surface area contributed by atoms with Gasteiger partial charge in [0.1, 0.15) is 18.3 Å². The molecule has 0 aromatic heterocycles. The van der Waals surface area contributed by atoms with Crippen LogP contribution in [-0.2, 0) is 26.2 Å². The van der Waals surface area contributed by atoms with Crippen molar-refractivity contribution < 1.29 is 27.1 Å². The first-order valence-electron chi connectivity index (χ1n) is 7.75. The summed E-state index contributed by atoms with van der Waals surface area (Å²) in [7, 11) is -4.19. The molecule has 0 saturated carbocycles. The van der Waals surface area contributed by atoms with Crippen molar-refractivity contribution >= 4 is 27.9 Å². The van der Waals surface area contributed by atoms with Crippen LogP contribution in [-0.4, -0.2) is 54.7 Å². The van der Waals surface area contributed by atoms with E-state index in [1.807, 2.05) is 0 Å². The van der Waals surface area contributed by atoms with Gasteiger partial charge in [-0.1, -0.05) is 6.07 Å². The predicted octanol–water partition coefficient (Wildman–Crippen LogP) is 0.446. The summed E-state index contributed by atoms with van der Waals surface area (Å²) in [4.78, 5) is 26.4. The normalized spacial score (nSPS) is 24.3. The SMILES string of the molecule is O=C1OC(C(=O)N2CN3CCCC3=NS2(=O)=O)Cc2c(F)cccc21. The van der Waals surface area contributed by atoms with Gasteiger partial charge in [0, 0.05) is 24.9 Å². The molecule has 25 heavy (non-hydrogen) atoms. The molecule has 3 heterocycles. The Balaban J connectivity index is 1.64. The third-order valence-corrected chi connectivity index (χ3v) is 5.78. The van der Waals surface area contributed by atoms with Crippen LogP contribution in [0.25, 0.3) is 0 Å². The molecule has 0 bridgehead atoms. The van der Waals surface area contributed by atoms with Crippen LogP contribution in [0.1, 0.15) is 28.8 Å². The summed E-state index contributed by atoms with van der Waals surface area (Å²) in [5.41, 5.74) is 0.0993. The molecule has 1 unspecified atom stereocenters. The van der Waals surface area contributed by atoms with E-state index in [1.165, 1.54) is 18.2 Å². The van der Waals surface area contributed by atoms with Gasteiger partial charge in [-0.25, -0.2) is 9.18 Å². The van der Waals surface area contributed by atoms with Gasteiger partial charge in [0.2, 0.25) is 0 Å². The van der Waals surface area contributed by atoms with Gasteiger partial charge >= 0.3 is 16.2 Å². The van der Waals surface area contributed by atoms with Crippen LogP contribution in [0.4, 0.5) is 4.39 Å². The minimum atomic E-state index is -4.19. The van der Waals surface area contributed by atoms with E-state index in [9.17, 15) is 22.4 Å². The van der Waals surface area contributed by atoms with Crippen molar-refractivity contribution in [2.75, 3.05) is 13.2 Å². The number of fused-ring (bicyclic) bond motifs is 2. The number of amidine groups is 1. The Bertz CT molecular complexity index is 914. The van der Waals surface area contributed by atoms with Crippen molar-refractivity contribution in [1.29, 1.82) is 0 Å². The predicted molar refractivity (Wildman–Crippen MR) is 83.3 cm³/mol. The summed E-state index contributed by atoms with van der Waals surface area (Å²) < 4.78 is 47.8. The summed E-state index contributed by atoms with van der Waals surface area (Å²) in [5, 5.41) is 0. The van der Waals surface area contributed by atoms with E-state index >= 15 is 0 Å². The molecule has 1 aromatic rings. The van der Waals surface area contributed by atoms with Gasteiger partial charge in [-0.2, -0.15) is 12.7 Å². The highest BCUT2D eigenvalue weighted by Crippen LogP contribution is 2.27. The summed E-state index contributed by atoms with van der Waals surface area (Å²) in [5.74, 6) is -1.97. The van der Waals surface area contributed by atoms with E-state index in [0.717, 1.165) is 6.42 Å². The second-order valence-corrected chi connectivity index (χ2v) is 7.56. The fourth-order valence-electron chi connectivity index (χ4n) is 3.24. The summed E-state index contributed by atoms with van der Waals surface area (Å²) in [6.07, 6.45) is -0.313. The van der Waals surface area contributed by atoms with Gasteiger partial charge in [0.15, 0.2) is 6.10 Å². The van der Waals surface area contributed by atoms with Crippen molar-refractivity contribution in [2.45, 2.75) is 25.4 Å². The fraction of sp³-hybridized carbons (Fsp3) is 0.400. The Labute approximate surface area is 143 Å². The third-order valence-electron chi connectivity index (χ3n) is 4.49. The number of hydrogen-bond acceptors (Lipinski definition) is 6. The molecule has 10 heteroatoms. The lowest BCUT2D eigenvalue weighted by Crippen LogP contribution is -2.53. The quantitative estimate of drug-likeness (QED) is 0.669. The first kappa shape index (κ1) is 16.0. The standard InChI is InChI=1S/C15H14FN3O5S/c16-11-4-1-3-9-10(11)7-12(24-15(9)21)14(20)19-8-18-6-2-5-13(18)17-25(19,22)23/h1,3-4,12H,2,5-8H2. The zero-order valence-corrected chi connectivity index (χ0v) is 13.8. The molecule has 132 valence electrons. The maximum Gasteiger partial charge on any atom is 0.350 e. The lowest BCUT2D eigenvalue weighted by Gasteiger charge is -2.34. The highest BCUT2D eigenvalue weighted by molar-refractivity contribution is 7.88. The van der Waals surface area contributed by atoms with Crippen LogP contribution in [0, 0.1) is 5.82 Å². The van der Waals surface area contributed by atoms with Crippen molar-refractivity contribution in [3.63, 3.8) is 0 Å². The smallest absolute Gasteiger partial charge is 0.350 e. The highest BCUT2D eigenvalue weighted by Gasteiger charge is 2.43. The second kappa shape index (κ2) is 5.51. The molecule has 4 rings (SSSR count). The van der Waals surface area contributed by atoms with Crippen LogP contribution < -0.4 is 0 Å². The van der Waals surface area contributed by atoms with Crippen LogP contribution in [0.2, 0.25) is 0 Å². The average molecular weight is 367 g/mol. The maximum absolute atomic E-state index is 14.0. The number of halogens is 1. The Morgan fingerprint density at radius 2 is 2.16 bits per heavy atom. The minimum Gasteiger partial charge on any atom is -0.448 e. The lowest BCUT2D eigenvalue weighted by molar-refractivity contribution is -0.137. The number of rotatable bonds is 1. The molecule has 1 saturated heterocycles. The van der Waals surface area contributed by atoms with Crippen molar-refractivity contribution in [3.8, 4) is 0 Å². The van der Waals surface area contributed by atoms with E-state index in [0.29, 0.717) is 23.1 Å². The topological polar surface area (TPSA) is 96.3 Å². The number of carbonyl (C=O) groups excluding carboxylic acids is 2. The van der Waals surface area contributed by atoms with E-state index < -0.39 is 34.0 Å². The Kier molecular flexibility index (Phi) is 3.53. The van der Waals surface area contributed by atoms with Gasteiger partial charge in [-0.3, -0.25) is 4.79 Å². The molecule has 1 atom stereocenters. The highest BCUT2D eigenvalue weighted by atomic mass is 32.2. The number of benzene rings is 1. The molecule has 3 aliphatic heterocycles. The fourth-order valence-corrected chi connectivity index (χ4v) is 4.44. The minimum absolute atomic E-state index is 0.0467. The molecule has 1 amide bonds. The number of nitrogens with zero attached hydrogens (tertiary/aromatic N) is 3. The van der Waals surface area contributed by atoms with Gasteiger partial charge in [-0.05, 0) is 18.6 Å². The number of esters is 1. The molecule has 0 spiro atoms. The zero-order valence-electron chi connectivity index (χ0n) is 13.0. The molecule has 0 radical (unpaired) electrons. The van der Waals surface area contributed by atoms with Crippen LogP contribution in [0.3, 0.4) is 0 Å². The molecule has 3 aliphatic rings. The van der Waals surface area contributed by atoms with Crippen molar-refractivity contribution in [1.82, 2.24) is 9.21 Å². The molecule has 8 nitrogen and oxygen atoms in total. The number of hydrogen-bond donors (Lipinski definition) is 0. The van der Waals surface area contributed by atoms with E-state index in [1.54, 1.807) is 4.90 Å². The molecule has 1 aromatic carbocycles. The third kappa shape index (κ3) is 2.56. The largest absolute Gasteiger partial charge is 0.448 e. The number of carbonyl (C=O) groups is 2. The van der Waals surface area contributed by atoms with Gasteiger partial charge in [0.05, 0.1) is 5.56 Å². The van der Waals surface area contributed by atoms with Crippen LogP contribution >= 0.6 is 0 Å². The molecule has 1 fully saturated rings. The number of cyclic esters (lactones) is 1. The van der Waals surface area contributed by atoms with Crippen LogP contribution in [0.15, 0.2) is 22.6 Å². The second-order valence-electron chi connectivity index (χ2n) is 6.04. The maximum atomic E-state index is 14.0. The van der Waals surface area contributed by atoms with E-state index in [2.05, 4.69) is 4.40 Å². The van der Waals surface area contributed by atoms with Crippen molar-refractivity contribution in [3.05, 3.63) is 35.1 Å². The molecular weight excluding hydrogens is 353 g/mol. The van der Waals surface area contributed by atoms with Gasteiger partial charge in [-0.15, -0.1) is 4.40 Å². The Hall–Kier alpha value is -2.49. The number of ether oxygens (including phenoxy) is 1. The monoisotopic (exact) mass is 367 g/mol. The molecule has 0 N–H and O–H groups in total. The van der Waals surface area contributed by atoms with Gasteiger partial charge < -0.3 is 9.64 Å². The Morgan fingerprint density at radius 1 is 1.36 bits per heavy atom.